The van der Waals surface area contributed by atoms with E-state index < -0.39 is 15.4 Å². The summed E-state index contributed by atoms with van der Waals surface area (Å²) in [5, 5.41) is 2.79. The van der Waals surface area contributed by atoms with E-state index in [-0.39, 0.29) is 16.7 Å². The molecule has 1 amide bonds. The first kappa shape index (κ1) is 17.2. The molecule has 0 spiro atoms. The van der Waals surface area contributed by atoms with E-state index in [4.69, 9.17) is 0 Å². The van der Waals surface area contributed by atoms with Crippen molar-refractivity contribution in [1.29, 1.82) is 0 Å². The Morgan fingerprint density at radius 2 is 2.19 bits per heavy atom. The lowest BCUT2D eigenvalue weighted by molar-refractivity contribution is -0.119. The molecule has 26 heavy (non-hydrogen) atoms. The fourth-order valence-corrected chi connectivity index (χ4v) is 4.77. The van der Waals surface area contributed by atoms with Crippen LogP contribution in [0.25, 0.3) is 0 Å². The molecular formula is C18H22N4O3S. The molecule has 1 unspecified atom stereocenters. The maximum Gasteiger partial charge on any atom is 0.240 e. The molecule has 2 aliphatic rings. The van der Waals surface area contributed by atoms with Crippen LogP contribution in [0, 0.1) is 5.92 Å². The van der Waals surface area contributed by atoms with E-state index in [0.29, 0.717) is 17.8 Å². The van der Waals surface area contributed by atoms with Crippen LogP contribution in [0.4, 0.5) is 5.69 Å². The highest BCUT2D eigenvalue weighted by atomic mass is 32.2. The number of hydrogen-bond donors (Lipinski definition) is 2. The van der Waals surface area contributed by atoms with E-state index in [1.54, 1.807) is 32.2 Å². The SMILES string of the molecule is CC1(C)C(=O)Nc2ccc(S(=O)(=O)NCC3CCc4nccn4C3)cc21. The summed E-state index contributed by atoms with van der Waals surface area (Å²) in [6, 6.07) is 4.80. The number of carbonyl (C=O) groups excluding carboxylic acids is 1. The number of imidazole rings is 1. The van der Waals surface area contributed by atoms with Gasteiger partial charge in [-0.05, 0) is 49.9 Å². The van der Waals surface area contributed by atoms with Crippen LogP contribution in [0.5, 0.6) is 0 Å². The number of carbonyl (C=O) groups is 1. The lowest BCUT2D eigenvalue weighted by atomic mass is 9.86. The minimum atomic E-state index is -3.63. The van der Waals surface area contributed by atoms with E-state index in [2.05, 4.69) is 19.6 Å². The third-order valence-electron chi connectivity index (χ3n) is 5.39. The van der Waals surface area contributed by atoms with Gasteiger partial charge in [0.2, 0.25) is 15.9 Å². The first-order valence-electron chi connectivity index (χ1n) is 8.73. The number of aromatic nitrogens is 2. The Labute approximate surface area is 152 Å². The zero-order valence-corrected chi connectivity index (χ0v) is 15.6. The number of nitrogens with one attached hydrogen (secondary N) is 2. The smallest absolute Gasteiger partial charge is 0.240 e. The Morgan fingerprint density at radius 3 is 3.00 bits per heavy atom. The molecule has 0 saturated heterocycles. The number of aryl methyl sites for hydroxylation is 1. The summed E-state index contributed by atoms with van der Waals surface area (Å²) in [4.78, 5) is 16.5. The van der Waals surface area contributed by atoms with Gasteiger partial charge in [0.1, 0.15) is 5.82 Å². The highest BCUT2D eigenvalue weighted by Gasteiger charge is 2.39. The number of sulfonamides is 1. The number of benzene rings is 1. The summed E-state index contributed by atoms with van der Waals surface area (Å²) in [7, 11) is -3.63. The Balaban J connectivity index is 1.50. The van der Waals surface area contributed by atoms with Crippen molar-refractivity contribution >= 4 is 21.6 Å². The Morgan fingerprint density at radius 1 is 1.38 bits per heavy atom. The lowest BCUT2D eigenvalue weighted by Gasteiger charge is -2.24. The molecular weight excluding hydrogens is 352 g/mol. The van der Waals surface area contributed by atoms with Gasteiger partial charge in [-0.15, -0.1) is 0 Å². The van der Waals surface area contributed by atoms with Gasteiger partial charge >= 0.3 is 0 Å². The predicted octanol–water partition coefficient (Wildman–Crippen LogP) is 1.65. The number of rotatable bonds is 4. The molecule has 4 rings (SSSR count). The Kier molecular flexibility index (Phi) is 3.92. The molecule has 2 aromatic rings. The summed E-state index contributed by atoms with van der Waals surface area (Å²) in [6.07, 6.45) is 5.49. The summed E-state index contributed by atoms with van der Waals surface area (Å²) in [5.74, 6) is 1.18. The number of amides is 1. The maximum absolute atomic E-state index is 12.7. The van der Waals surface area contributed by atoms with Gasteiger partial charge in [-0.3, -0.25) is 4.79 Å². The van der Waals surface area contributed by atoms with Crippen LogP contribution in [0.15, 0.2) is 35.5 Å². The molecule has 0 fully saturated rings. The number of anilines is 1. The van der Waals surface area contributed by atoms with Crippen molar-refractivity contribution in [2.45, 2.75) is 43.5 Å². The van der Waals surface area contributed by atoms with Crippen LogP contribution in [-0.4, -0.2) is 30.4 Å². The second-order valence-corrected chi connectivity index (χ2v) is 9.31. The average molecular weight is 374 g/mol. The molecule has 2 N–H and O–H groups in total. The summed E-state index contributed by atoms with van der Waals surface area (Å²) < 4.78 is 30.3. The van der Waals surface area contributed by atoms with Crippen LogP contribution in [0.1, 0.15) is 31.7 Å². The molecule has 1 aromatic heterocycles. The number of fused-ring (bicyclic) bond motifs is 2. The normalized spacial score (nSPS) is 21.2. The predicted molar refractivity (Wildman–Crippen MR) is 97.3 cm³/mol. The van der Waals surface area contributed by atoms with Crippen molar-refractivity contribution in [3.05, 3.63) is 42.0 Å². The zero-order valence-electron chi connectivity index (χ0n) is 14.8. The summed E-state index contributed by atoms with van der Waals surface area (Å²) in [6.45, 7) is 4.75. The molecule has 0 radical (unpaired) electrons. The van der Waals surface area contributed by atoms with E-state index in [1.165, 1.54) is 6.07 Å². The lowest BCUT2D eigenvalue weighted by Crippen LogP contribution is -2.33. The van der Waals surface area contributed by atoms with Crippen molar-refractivity contribution in [1.82, 2.24) is 14.3 Å². The molecule has 1 atom stereocenters. The molecule has 2 aliphatic heterocycles. The standard InChI is InChI=1S/C18H22N4O3S/c1-18(2)14-9-13(4-5-15(14)21-17(18)23)26(24,25)20-10-12-3-6-16-19-7-8-22(16)11-12/h4-5,7-9,12,20H,3,6,10-11H2,1-2H3,(H,21,23). The Hall–Kier alpha value is -2.19. The summed E-state index contributed by atoms with van der Waals surface area (Å²) >= 11 is 0. The molecule has 0 aliphatic carbocycles. The van der Waals surface area contributed by atoms with Crippen LogP contribution < -0.4 is 10.0 Å². The average Bonchev–Trinajstić information content (AvgIpc) is 3.15. The quantitative estimate of drug-likeness (QED) is 0.851. The second-order valence-electron chi connectivity index (χ2n) is 7.54. The van der Waals surface area contributed by atoms with Crippen molar-refractivity contribution < 1.29 is 13.2 Å². The van der Waals surface area contributed by atoms with Crippen LogP contribution in [0.2, 0.25) is 0 Å². The van der Waals surface area contributed by atoms with Gasteiger partial charge in [0.25, 0.3) is 0 Å². The largest absolute Gasteiger partial charge is 0.335 e. The molecule has 3 heterocycles. The van der Waals surface area contributed by atoms with Crippen LogP contribution in [0.3, 0.4) is 0 Å². The molecule has 0 bridgehead atoms. The first-order valence-corrected chi connectivity index (χ1v) is 10.2. The summed E-state index contributed by atoms with van der Waals surface area (Å²) in [5.41, 5.74) is 0.659. The van der Waals surface area contributed by atoms with E-state index in [0.717, 1.165) is 25.2 Å². The first-order chi connectivity index (χ1) is 12.3. The monoisotopic (exact) mass is 374 g/mol. The molecule has 8 heteroatoms. The molecule has 7 nitrogen and oxygen atoms in total. The topological polar surface area (TPSA) is 93.1 Å². The second kappa shape index (κ2) is 5.92. The zero-order chi connectivity index (χ0) is 18.5. The maximum atomic E-state index is 12.7. The van der Waals surface area contributed by atoms with Gasteiger partial charge in [-0.2, -0.15) is 0 Å². The third kappa shape index (κ3) is 2.83. The van der Waals surface area contributed by atoms with Gasteiger partial charge in [-0.1, -0.05) is 0 Å². The minimum absolute atomic E-state index is 0.117. The molecule has 138 valence electrons. The number of nitrogens with zero attached hydrogens (tertiary/aromatic N) is 2. The van der Waals surface area contributed by atoms with E-state index in [9.17, 15) is 13.2 Å². The van der Waals surface area contributed by atoms with Gasteiger partial charge in [0.15, 0.2) is 0 Å². The van der Waals surface area contributed by atoms with Crippen LogP contribution >= 0.6 is 0 Å². The minimum Gasteiger partial charge on any atom is -0.335 e. The fraction of sp³-hybridized carbons (Fsp3) is 0.444. The van der Waals surface area contributed by atoms with Gasteiger partial charge in [-0.25, -0.2) is 18.1 Å². The molecule has 0 saturated carbocycles. The molecule has 1 aromatic carbocycles. The van der Waals surface area contributed by atoms with Crippen molar-refractivity contribution in [2.24, 2.45) is 5.92 Å². The van der Waals surface area contributed by atoms with Gasteiger partial charge in [0, 0.05) is 37.6 Å². The van der Waals surface area contributed by atoms with E-state index in [1.807, 2.05) is 6.20 Å². The van der Waals surface area contributed by atoms with Crippen LogP contribution in [-0.2, 0) is 33.2 Å². The number of hydrogen-bond acceptors (Lipinski definition) is 4. The fourth-order valence-electron chi connectivity index (χ4n) is 3.63. The third-order valence-corrected chi connectivity index (χ3v) is 6.81. The Bertz CT molecular complexity index is 978. The van der Waals surface area contributed by atoms with Gasteiger partial charge < -0.3 is 9.88 Å². The highest BCUT2D eigenvalue weighted by molar-refractivity contribution is 7.89. The van der Waals surface area contributed by atoms with Gasteiger partial charge in [0.05, 0.1) is 10.3 Å². The van der Waals surface area contributed by atoms with Crippen molar-refractivity contribution in [3.8, 4) is 0 Å². The van der Waals surface area contributed by atoms with Crippen molar-refractivity contribution in [3.63, 3.8) is 0 Å². The highest BCUT2D eigenvalue weighted by Crippen LogP contribution is 2.38. The van der Waals surface area contributed by atoms with Crippen molar-refractivity contribution in [2.75, 3.05) is 11.9 Å². The van der Waals surface area contributed by atoms with E-state index >= 15 is 0 Å².